The summed E-state index contributed by atoms with van der Waals surface area (Å²) in [6.07, 6.45) is 0. The van der Waals surface area contributed by atoms with Crippen molar-refractivity contribution in [2.75, 3.05) is 6.61 Å². The van der Waals surface area contributed by atoms with E-state index in [4.69, 9.17) is 4.74 Å². The molecule has 0 aliphatic rings. The number of ether oxygens (including phenoxy) is 1. The first-order valence-electron chi connectivity index (χ1n) is 8.75. The van der Waals surface area contributed by atoms with Gasteiger partial charge < -0.3 is 4.74 Å². The van der Waals surface area contributed by atoms with Crippen LogP contribution in [-0.2, 0) is 4.79 Å². The van der Waals surface area contributed by atoms with Crippen molar-refractivity contribution in [3.8, 4) is 16.9 Å². The monoisotopic (exact) mass is 469 g/mol. The fraction of sp³-hybridized carbons (Fsp3) is 0.0476. The van der Waals surface area contributed by atoms with Crippen LogP contribution in [0.4, 0.5) is 5.69 Å². The molecule has 0 unspecified atom stereocenters. The summed E-state index contributed by atoms with van der Waals surface area (Å²) < 4.78 is 6.17. The van der Waals surface area contributed by atoms with E-state index in [2.05, 4.69) is 26.8 Å². The third kappa shape index (κ3) is 5.42. The molecule has 9 heteroatoms. The van der Waals surface area contributed by atoms with Gasteiger partial charge in [-0.3, -0.25) is 30.6 Å². The molecule has 0 heterocycles. The summed E-state index contributed by atoms with van der Waals surface area (Å²) in [5.41, 5.74) is 6.54. The Morgan fingerprint density at radius 2 is 1.63 bits per heavy atom. The number of hydrogen-bond acceptors (Lipinski definition) is 5. The second-order valence-electron chi connectivity index (χ2n) is 6.11. The summed E-state index contributed by atoms with van der Waals surface area (Å²) in [6.45, 7) is -0.316. The number of halogens is 1. The summed E-state index contributed by atoms with van der Waals surface area (Å²) >= 11 is 3.43. The second-order valence-corrected chi connectivity index (χ2v) is 6.96. The van der Waals surface area contributed by atoms with E-state index in [1.165, 1.54) is 24.3 Å². The predicted molar refractivity (Wildman–Crippen MR) is 114 cm³/mol. The Kier molecular flexibility index (Phi) is 6.76. The Balaban J connectivity index is 1.51. The molecule has 0 aliphatic carbocycles. The van der Waals surface area contributed by atoms with Crippen LogP contribution in [0.1, 0.15) is 10.4 Å². The minimum absolute atomic E-state index is 0.132. The lowest BCUT2D eigenvalue weighted by Gasteiger charge is -2.11. The van der Waals surface area contributed by atoms with E-state index in [0.717, 1.165) is 11.1 Å². The van der Waals surface area contributed by atoms with Crippen LogP contribution in [0.3, 0.4) is 0 Å². The van der Waals surface area contributed by atoms with Gasteiger partial charge in [0.2, 0.25) is 0 Å². The van der Waals surface area contributed by atoms with E-state index < -0.39 is 16.7 Å². The number of carbonyl (C=O) groups is 2. The highest BCUT2D eigenvalue weighted by atomic mass is 79.9. The number of nitro groups is 1. The van der Waals surface area contributed by atoms with E-state index >= 15 is 0 Å². The van der Waals surface area contributed by atoms with Crippen LogP contribution in [0, 0.1) is 10.1 Å². The van der Waals surface area contributed by atoms with Crippen molar-refractivity contribution in [2.45, 2.75) is 0 Å². The van der Waals surface area contributed by atoms with Gasteiger partial charge in [-0.15, -0.1) is 0 Å². The van der Waals surface area contributed by atoms with Crippen LogP contribution in [0.2, 0.25) is 0 Å². The lowest BCUT2D eigenvalue weighted by atomic mass is 10.1. The highest BCUT2D eigenvalue weighted by Crippen LogP contribution is 2.30. The molecule has 0 saturated heterocycles. The molecule has 0 atom stereocenters. The van der Waals surface area contributed by atoms with Gasteiger partial charge in [-0.05, 0) is 51.3 Å². The van der Waals surface area contributed by atoms with Gasteiger partial charge in [0.05, 0.1) is 9.40 Å². The van der Waals surface area contributed by atoms with Crippen molar-refractivity contribution in [3.05, 3.63) is 92.9 Å². The van der Waals surface area contributed by atoms with Crippen LogP contribution < -0.4 is 15.6 Å². The van der Waals surface area contributed by atoms with Gasteiger partial charge in [0, 0.05) is 17.7 Å². The molecule has 0 radical (unpaired) electrons. The van der Waals surface area contributed by atoms with Crippen molar-refractivity contribution >= 4 is 33.4 Å². The predicted octanol–water partition coefficient (Wildman–Crippen LogP) is 3.86. The average molecular weight is 470 g/mol. The first-order chi connectivity index (χ1) is 14.4. The molecular weight excluding hydrogens is 454 g/mol. The zero-order valence-corrected chi connectivity index (χ0v) is 17.1. The highest BCUT2D eigenvalue weighted by molar-refractivity contribution is 9.10. The second kappa shape index (κ2) is 9.66. The van der Waals surface area contributed by atoms with Crippen molar-refractivity contribution in [2.24, 2.45) is 0 Å². The summed E-state index contributed by atoms with van der Waals surface area (Å²) in [5, 5.41) is 10.6. The molecule has 8 nitrogen and oxygen atoms in total. The Morgan fingerprint density at radius 3 is 2.27 bits per heavy atom. The van der Waals surface area contributed by atoms with E-state index in [0.29, 0.717) is 10.2 Å². The van der Waals surface area contributed by atoms with Gasteiger partial charge in [0.15, 0.2) is 6.61 Å². The smallest absolute Gasteiger partial charge is 0.276 e. The molecule has 0 spiro atoms. The van der Waals surface area contributed by atoms with Crippen molar-refractivity contribution < 1.29 is 19.2 Å². The van der Waals surface area contributed by atoms with E-state index in [9.17, 15) is 19.7 Å². The molecule has 0 saturated carbocycles. The van der Waals surface area contributed by atoms with Crippen molar-refractivity contribution in [3.63, 3.8) is 0 Å². The molecule has 2 N–H and O–H groups in total. The summed E-state index contributed by atoms with van der Waals surface area (Å²) in [4.78, 5) is 34.0. The number of benzene rings is 3. The Labute approximate surface area is 180 Å². The maximum Gasteiger partial charge on any atom is 0.276 e. The topological polar surface area (TPSA) is 111 Å². The molecular formula is C21H16BrN3O5. The van der Waals surface area contributed by atoms with Crippen LogP contribution >= 0.6 is 15.9 Å². The third-order valence-corrected chi connectivity index (χ3v) is 4.67. The Morgan fingerprint density at radius 1 is 0.933 bits per heavy atom. The zero-order chi connectivity index (χ0) is 21.5. The van der Waals surface area contributed by atoms with Crippen molar-refractivity contribution in [1.82, 2.24) is 10.9 Å². The molecule has 3 rings (SSSR count). The molecule has 0 aliphatic heterocycles. The van der Waals surface area contributed by atoms with Gasteiger partial charge in [0.1, 0.15) is 5.75 Å². The normalized spacial score (nSPS) is 10.2. The fourth-order valence-electron chi connectivity index (χ4n) is 2.54. The van der Waals surface area contributed by atoms with Gasteiger partial charge in [-0.2, -0.15) is 0 Å². The number of hydrazine groups is 1. The number of nitrogens with zero attached hydrogens (tertiary/aromatic N) is 1. The molecule has 0 bridgehead atoms. The number of nitrogens with one attached hydrogen (secondary N) is 2. The number of non-ortho nitro benzene ring substituents is 1. The standard InChI is InChI=1S/C21H16BrN3O5/c22-18-12-16(14-4-2-1-3-5-14)8-11-19(18)30-13-20(26)23-24-21(27)15-6-9-17(10-7-15)25(28)29/h1-12H,13H2,(H,23,26)(H,24,27). The Bertz CT molecular complexity index is 1070. The number of rotatable bonds is 6. The maximum atomic E-state index is 12.0. The molecule has 0 aromatic heterocycles. The lowest BCUT2D eigenvalue weighted by Crippen LogP contribution is -2.43. The van der Waals surface area contributed by atoms with Gasteiger partial charge in [0.25, 0.3) is 17.5 Å². The molecule has 0 fully saturated rings. The number of amides is 2. The Hall–Kier alpha value is -3.72. The first kappa shape index (κ1) is 21.0. The largest absolute Gasteiger partial charge is 0.483 e. The summed E-state index contributed by atoms with van der Waals surface area (Å²) in [7, 11) is 0. The SMILES string of the molecule is O=C(COc1ccc(-c2ccccc2)cc1Br)NNC(=O)c1ccc([N+](=O)[O-])cc1. The molecule has 3 aromatic rings. The maximum absolute atomic E-state index is 12.0. The van der Waals surface area contributed by atoms with Gasteiger partial charge >= 0.3 is 0 Å². The minimum Gasteiger partial charge on any atom is -0.483 e. The quantitative estimate of drug-likeness (QED) is 0.420. The average Bonchev–Trinajstić information content (AvgIpc) is 2.77. The van der Waals surface area contributed by atoms with E-state index in [1.807, 2.05) is 42.5 Å². The van der Waals surface area contributed by atoms with Crippen LogP contribution in [0.25, 0.3) is 11.1 Å². The van der Waals surface area contributed by atoms with Crippen molar-refractivity contribution in [1.29, 1.82) is 0 Å². The van der Waals surface area contributed by atoms with Crippen LogP contribution in [0.5, 0.6) is 5.75 Å². The van der Waals surface area contributed by atoms with Gasteiger partial charge in [-0.25, -0.2) is 0 Å². The van der Waals surface area contributed by atoms with Crippen LogP contribution in [-0.4, -0.2) is 23.3 Å². The number of carbonyl (C=O) groups excluding carboxylic acids is 2. The molecule has 30 heavy (non-hydrogen) atoms. The van der Waals surface area contributed by atoms with Gasteiger partial charge in [-0.1, -0.05) is 36.4 Å². The fourth-order valence-corrected chi connectivity index (χ4v) is 3.03. The molecule has 3 aromatic carbocycles. The summed E-state index contributed by atoms with van der Waals surface area (Å²) in [5.74, 6) is -0.692. The van der Waals surface area contributed by atoms with E-state index in [1.54, 1.807) is 6.07 Å². The summed E-state index contributed by atoms with van der Waals surface area (Å²) in [6, 6.07) is 20.3. The highest BCUT2D eigenvalue weighted by Gasteiger charge is 2.11. The third-order valence-electron chi connectivity index (χ3n) is 4.05. The molecule has 2 amide bonds. The lowest BCUT2D eigenvalue weighted by molar-refractivity contribution is -0.384. The number of hydrogen-bond donors (Lipinski definition) is 2. The zero-order valence-electron chi connectivity index (χ0n) is 15.5. The van der Waals surface area contributed by atoms with Crippen LogP contribution in [0.15, 0.2) is 77.3 Å². The molecule has 152 valence electrons. The van der Waals surface area contributed by atoms with E-state index in [-0.39, 0.29) is 17.9 Å². The first-order valence-corrected chi connectivity index (χ1v) is 9.55. The minimum atomic E-state index is -0.605. The number of nitro benzene ring substituents is 1.